The number of nitrogens with one attached hydrogen (secondary N) is 1. The highest BCUT2D eigenvalue weighted by atomic mass is 16.1. The molecule has 0 bridgehead atoms. The van der Waals surface area contributed by atoms with Crippen molar-refractivity contribution in [3.8, 4) is 0 Å². The molecule has 1 atom stereocenters. The fraction of sp³-hybridized carbons (Fsp3) is 0.308. The second-order valence-corrected chi connectivity index (χ2v) is 7.62. The van der Waals surface area contributed by atoms with Crippen LogP contribution in [0.5, 0.6) is 0 Å². The molecule has 0 radical (unpaired) electrons. The lowest BCUT2D eigenvalue weighted by Crippen LogP contribution is -2.35. The van der Waals surface area contributed by atoms with E-state index in [1.807, 2.05) is 19.9 Å². The highest BCUT2D eigenvalue weighted by Gasteiger charge is 2.25. The van der Waals surface area contributed by atoms with Crippen LogP contribution in [0.4, 0.5) is 5.69 Å². The fourth-order valence-electron chi connectivity index (χ4n) is 3.85. The number of carbonyl (C=O) groups excluding carboxylic acids is 1. The first-order chi connectivity index (χ1) is 14.0. The predicted molar refractivity (Wildman–Crippen MR) is 121 cm³/mol. The van der Waals surface area contributed by atoms with Gasteiger partial charge in [-0.3, -0.25) is 9.69 Å². The molecule has 29 heavy (non-hydrogen) atoms. The molecule has 1 N–H and O–H groups in total. The molecule has 150 valence electrons. The summed E-state index contributed by atoms with van der Waals surface area (Å²) in [4.78, 5) is 14.7. The Labute approximate surface area is 174 Å². The van der Waals surface area contributed by atoms with E-state index in [0.717, 1.165) is 37.2 Å². The maximum atomic E-state index is 12.2. The summed E-state index contributed by atoms with van der Waals surface area (Å²) in [6.45, 7) is 13.6. The average molecular weight is 387 g/mol. The molecule has 0 aliphatic carbocycles. The molecule has 1 aliphatic heterocycles. The number of amides is 1. The van der Waals surface area contributed by atoms with E-state index in [2.05, 4.69) is 71.6 Å². The van der Waals surface area contributed by atoms with E-state index >= 15 is 0 Å². The van der Waals surface area contributed by atoms with E-state index in [4.69, 9.17) is 0 Å². The van der Waals surface area contributed by atoms with Crippen molar-refractivity contribution in [2.45, 2.75) is 39.2 Å². The van der Waals surface area contributed by atoms with E-state index in [0.29, 0.717) is 12.0 Å². The van der Waals surface area contributed by atoms with Crippen molar-refractivity contribution in [3.63, 3.8) is 0 Å². The number of carbonyl (C=O) groups is 1. The van der Waals surface area contributed by atoms with Crippen LogP contribution in [-0.2, 0) is 4.79 Å². The van der Waals surface area contributed by atoms with Gasteiger partial charge >= 0.3 is 0 Å². The normalized spacial score (nSPS) is 15.4. The number of rotatable bonds is 6. The molecule has 1 amide bonds. The molecular formula is C26H30N2O. The Bertz CT molecular complexity index is 928. The van der Waals surface area contributed by atoms with E-state index in [1.54, 1.807) is 0 Å². The number of likely N-dealkylation sites (tertiary alicyclic amines) is 1. The predicted octanol–water partition coefficient (Wildman–Crippen LogP) is 5.80. The number of nitrogens with zero attached hydrogens (tertiary/aromatic N) is 1. The maximum Gasteiger partial charge on any atom is 0.250 e. The smallest absolute Gasteiger partial charge is 0.250 e. The summed E-state index contributed by atoms with van der Waals surface area (Å²) in [5.74, 6) is -0.109. The van der Waals surface area contributed by atoms with Crippen LogP contribution in [0.1, 0.15) is 48.9 Å². The monoisotopic (exact) mass is 386 g/mol. The standard InChI is InChI=1S/C26H30N2O/c1-5-19(3)26(29)27-24-13-12-23(18-20(24)4)25(22-10-8-7-9-11-22)28-16-14-21(6-2)15-17-28/h7-13,18,25H,2-3,5,14-17H2,1,4H3,(H,27,29). The Morgan fingerprint density at radius 3 is 2.41 bits per heavy atom. The summed E-state index contributed by atoms with van der Waals surface area (Å²) in [5, 5.41) is 2.99. The van der Waals surface area contributed by atoms with Crippen molar-refractivity contribution in [1.29, 1.82) is 0 Å². The van der Waals surface area contributed by atoms with Gasteiger partial charge in [-0.15, -0.1) is 5.73 Å². The molecule has 3 rings (SSSR count). The number of benzene rings is 2. The first-order valence-electron chi connectivity index (χ1n) is 10.3. The van der Waals surface area contributed by atoms with Crippen LogP contribution in [-0.4, -0.2) is 23.9 Å². The number of hydrogen-bond acceptors (Lipinski definition) is 2. The van der Waals surface area contributed by atoms with E-state index < -0.39 is 0 Å². The highest BCUT2D eigenvalue weighted by Crippen LogP contribution is 2.33. The first-order valence-corrected chi connectivity index (χ1v) is 10.3. The lowest BCUT2D eigenvalue weighted by Gasteiger charge is -2.36. The van der Waals surface area contributed by atoms with Crippen LogP contribution in [0.2, 0.25) is 0 Å². The van der Waals surface area contributed by atoms with Gasteiger partial charge in [0, 0.05) is 24.4 Å². The van der Waals surface area contributed by atoms with Gasteiger partial charge in [0.15, 0.2) is 0 Å². The Hall–Kier alpha value is -2.87. The van der Waals surface area contributed by atoms with Gasteiger partial charge in [0.1, 0.15) is 0 Å². The highest BCUT2D eigenvalue weighted by molar-refractivity contribution is 6.03. The summed E-state index contributed by atoms with van der Waals surface area (Å²) in [6.07, 6.45) is 2.67. The van der Waals surface area contributed by atoms with Gasteiger partial charge in [-0.2, -0.15) is 0 Å². The molecule has 3 heteroatoms. The fourth-order valence-corrected chi connectivity index (χ4v) is 3.85. The van der Waals surface area contributed by atoms with Crippen molar-refractivity contribution in [3.05, 3.63) is 95.3 Å². The van der Waals surface area contributed by atoms with Crippen molar-refractivity contribution >= 4 is 11.6 Å². The Balaban J connectivity index is 1.90. The van der Waals surface area contributed by atoms with Gasteiger partial charge in [0.25, 0.3) is 5.91 Å². The van der Waals surface area contributed by atoms with Crippen LogP contribution in [0.25, 0.3) is 0 Å². The van der Waals surface area contributed by atoms with E-state index in [-0.39, 0.29) is 11.9 Å². The van der Waals surface area contributed by atoms with Gasteiger partial charge < -0.3 is 5.32 Å². The largest absolute Gasteiger partial charge is 0.322 e. The van der Waals surface area contributed by atoms with Crippen molar-refractivity contribution in [1.82, 2.24) is 4.90 Å². The zero-order valence-corrected chi connectivity index (χ0v) is 17.5. The maximum absolute atomic E-state index is 12.2. The van der Waals surface area contributed by atoms with Gasteiger partial charge in [-0.05, 0) is 54.5 Å². The Morgan fingerprint density at radius 1 is 1.14 bits per heavy atom. The van der Waals surface area contributed by atoms with Gasteiger partial charge in [-0.1, -0.05) is 62.5 Å². The van der Waals surface area contributed by atoms with Crippen LogP contribution < -0.4 is 5.32 Å². The first kappa shape index (κ1) is 20.9. The van der Waals surface area contributed by atoms with Crippen molar-refractivity contribution < 1.29 is 4.79 Å². The Kier molecular flexibility index (Phi) is 6.87. The third kappa shape index (κ3) is 4.95. The number of hydrogen-bond donors (Lipinski definition) is 1. The molecule has 1 aliphatic rings. The zero-order valence-electron chi connectivity index (χ0n) is 17.5. The van der Waals surface area contributed by atoms with Gasteiger partial charge in [-0.25, -0.2) is 0 Å². The van der Waals surface area contributed by atoms with Crippen molar-refractivity contribution in [2.75, 3.05) is 18.4 Å². The molecule has 1 fully saturated rings. The minimum Gasteiger partial charge on any atom is -0.322 e. The third-order valence-corrected chi connectivity index (χ3v) is 5.69. The molecule has 0 saturated carbocycles. The summed E-state index contributed by atoms with van der Waals surface area (Å²) < 4.78 is 0. The second-order valence-electron chi connectivity index (χ2n) is 7.62. The zero-order chi connectivity index (χ0) is 20.8. The second kappa shape index (κ2) is 9.56. The number of piperidine rings is 1. The lowest BCUT2D eigenvalue weighted by molar-refractivity contribution is -0.112. The third-order valence-electron chi connectivity index (χ3n) is 5.69. The van der Waals surface area contributed by atoms with Crippen LogP contribution in [0.15, 0.2) is 78.6 Å². The quantitative estimate of drug-likeness (QED) is 0.503. The number of anilines is 1. The van der Waals surface area contributed by atoms with Gasteiger partial charge in [0.2, 0.25) is 0 Å². The SMILES string of the molecule is C=C=C1CCN(C(c2ccccc2)c2ccc(NC(=O)C(=C)CC)c(C)c2)CC1. The summed E-state index contributed by atoms with van der Waals surface area (Å²) in [5.41, 5.74) is 9.43. The lowest BCUT2D eigenvalue weighted by atomic mass is 9.92. The summed E-state index contributed by atoms with van der Waals surface area (Å²) in [7, 11) is 0. The minimum absolute atomic E-state index is 0.109. The number of aryl methyl sites for hydroxylation is 1. The summed E-state index contributed by atoms with van der Waals surface area (Å²) >= 11 is 0. The molecule has 2 aromatic carbocycles. The van der Waals surface area contributed by atoms with Gasteiger partial charge in [0.05, 0.1) is 6.04 Å². The van der Waals surface area contributed by atoms with Crippen LogP contribution in [0.3, 0.4) is 0 Å². The molecule has 2 aromatic rings. The van der Waals surface area contributed by atoms with Crippen molar-refractivity contribution in [2.24, 2.45) is 0 Å². The Morgan fingerprint density at radius 2 is 1.83 bits per heavy atom. The molecule has 1 unspecified atom stereocenters. The average Bonchev–Trinajstić information content (AvgIpc) is 2.76. The van der Waals surface area contributed by atoms with E-state index in [9.17, 15) is 4.79 Å². The molecule has 1 heterocycles. The molecule has 0 spiro atoms. The summed E-state index contributed by atoms with van der Waals surface area (Å²) in [6, 6.07) is 17.2. The molecule has 1 saturated heterocycles. The molecule has 3 nitrogen and oxygen atoms in total. The van der Waals surface area contributed by atoms with Crippen LogP contribution in [0, 0.1) is 6.92 Å². The molecule has 0 aromatic heterocycles. The van der Waals surface area contributed by atoms with E-state index in [1.165, 1.54) is 16.7 Å². The topological polar surface area (TPSA) is 32.3 Å². The minimum atomic E-state index is -0.109. The van der Waals surface area contributed by atoms with Crippen LogP contribution >= 0.6 is 0 Å². The molecular weight excluding hydrogens is 356 g/mol.